The van der Waals surface area contributed by atoms with Gasteiger partial charge in [0.2, 0.25) is 0 Å². The van der Waals surface area contributed by atoms with Crippen LogP contribution in [0.5, 0.6) is 5.75 Å². The minimum atomic E-state index is -0.405. The number of aromatic nitrogens is 4. The molecule has 0 saturated carbocycles. The van der Waals surface area contributed by atoms with Gasteiger partial charge in [-0.1, -0.05) is 23.2 Å². The number of rotatable bonds is 6. The van der Waals surface area contributed by atoms with Crippen LogP contribution in [-0.4, -0.2) is 44.5 Å². The van der Waals surface area contributed by atoms with Gasteiger partial charge in [0.15, 0.2) is 0 Å². The summed E-state index contributed by atoms with van der Waals surface area (Å²) in [6, 6.07) is 9.60. The zero-order valence-electron chi connectivity index (χ0n) is 18.2. The van der Waals surface area contributed by atoms with E-state index in [1.54, 1.807) is 12.3 Å². The van der Waals surface area contributed by atoms with Gasteiger partial charge in [-0.25, -0.2) is 4.98 Å². The average Bonchev–Trinajstić information content (AvgIpc) is 3.22. The molecule has 1 aliphatic heterocycles. The highest BCUT2D eigenvalue weighted by atomic mass is 35.5. The Labute approximate surface area is 205 Å². The van der Waals surface area contributed by atoms with Crippen LogP contribution >= 0.6 is 23.2 Å². The number of anilines is 1. The van der Waals surface area contributed by atoms with Crippen molar-refractivity contribution in [2.75, 3.05) is 18.1 Å². The molecule has 0 spiro atoms. The molecule has 0 aliphatic carbocycles. The molecule has 172 valence electrons. The molecule has 1 aliphatic rings. The van der Waals surface area contributed by atoms with Crippen molar-refractivity contribution in [1.29, 1.82) is 5.26 Å². The number of fused-ring (bicyclic) bond motifs is 1. The third-order valence-corrected chi connectivity index (χ3v) is 6.63. The van der Waals surface area contributed by atoms with Gasteiger partial charge in [0.1, 0.15) is 29.4 Å². The summed E-state index contributed by atoms with van der Waals surface area (Å²) >= 11 is 12.6. The van der Waals surface area contributed by atoms with Crippen LogP contribution in [-0.2, 0) is 0 Å². The van der Waals surface area contributed by atoms with Crippen molar-refractivity contribution in [3.05, 3.63) is 64.0 Å². The van der Waals surface area contributed by atoms with Crippen LogP contribution in [0, 0.1) is 11.3 Å². The Hall–Kier alpha value is -3.38. The Kier molecular flexibility index (Phi) is 6.00. The van der Waals surface area contributed by atoms with Crippen LogP contribution < -0.4 is 9.64 Å². The Morgan fingerprint density at radius 2 is 2.06 bits per heavy atom. The molecule has 8 nitrogen and oxygen atoms in total. The largest absolute Gasteiger partial charge is 0.486 e. The maximum atomic E-state index is 9.72. The standard InChI is InChI=1S/C24H20Cl2N6O2/c1-13(22-19(25)10-28-11-20(22)26)34-17-2-3-21-18(7-17)23(31-30-21)15-6-14(8-27)24(29-9-15)32-5-4-16(32)12-33/h2-3,6-7,9-11,13,16,33H,4-5,12H2,1H3,(H,30,31)/t13?,16-/m1/s1. The number of benzene rings is 1. The van der Waals surface area contributed by atoms with Crippen molar-refractivity contribution < 1.29 is 9.84 Å². The smallest absolute Gasteiger partial charge is 0.146 e. The molecular formula is C24H20Cl2N6O2. The van der Waals surface area contributed by atoms with Crippen molar-refractivity contribution in [3.63, 3.8) is 0 Å². The second kappa shape index (κ2) is 9.11. The molecule has 4 aromatic rings. The van der Waals surface area contributed by atoms with Crippen LogP contribution in [0.25, 0.3) is 22.2 Å². The number of aromatic amines is 1. The summed E-state index contributed by atoms with van der Waals surface area (Å²) in [4.78, 5) is 10.5. The van der Waals surface area contributed by atoms with Gasteiger partial charge in [-0.3, -0.25) is 10.1 Å². The maximum absolute atomic E-state index is 9.72. The summed E-state index contributed by atoms with van der Waals surface area (Å²) in [5, 5.41) is 28.4. The Bertz CT molecular complexity index is 1390. The molecule has 10 heteroatoms. The van der Waals surface area contributed by atoms with Crippen LogP contribution in [0.15, 0.2) is 42.9 Å². The van der Waals surface area contributed by atoms with Crippen molar-refractivity contribution in [2.45, 2.75) is 25.5 Å². The Balaban J connectivity index is 1.47. The molecule has 1 fully saturated rings. The normalized spacial score (nSPS) is 16.2. The number of nitrogens with zero attached hydrogens (tertiary/aromatic N) is 5. The fourth-order valence-electron chi connectivity index (χ4n) is 4.17. The number of aliphatic hydroxyl groups excluding tert-OH is 1. The summed E-state index contributed by atoms with van der Waals surface area (Å²) in [5.41, 5.74) is 3.29. The lowest BCUT2D eigenvalue weighted by Gasteiger charge is -2.41. The van der Waals surface area contributed by atoms with Crippen molar-refractivity contribution >= 4 is 39.9 Å². The summed E-state index contributed by atoms with van der Waals surface area (Å²) in [7, 11) is 0. The molecule has 4 heterocycles. The van der Waals surface area contributed by atoms with E-state index in [0.29, 0.717) is 44.0 Å². The second-order valence-corrected chi connectivity index (χ2v) is 8.90. The molecule has 0 radical (unpaired) electrons. The fraction of sp³-hybridized carbons (Fsp3) is 0.250. The molecular weight excluding hydrogens is 475 g/mol. The average molecular weight is 495 g/mol. The van der Waals surface area contributed by atoms with Crippen LogP contribution in [0.4, 0.5) is 5.82 Å². The lowest BCUT2D eigenvalue weighted by Crippen LogP contribution is -2.50. The van der Waals surface area contributed by atoms with Gasteiger partial charge in [-0.05, 0) is 37.6 Å². The first kappa shape index (κ1) is 22.4. The van der Waals surface area contributed by atoms with E-state index in [2.05, 4.69) is 26.2 Å². The molecule has 0 bridgehead atoms. The molecule has 1 aromatic carbocycles. The van der Waals surface area contributed by atoms with Crippen molar-refractivity contribution in [3.8, 4) is 23.1 Å². The monoisotopic (exact) mass is 494 g/mol. The predicted molar refractivity (Wildman–Crippen MR) is 130 cm³/mol. The van der Waals surface area contributed by atoms with Gasteiger partial charge in [0.05, 0.1) is 33.8 Å². The van der Waals surface area contributed by atoms with E-state index in [9.17, 15) is 10.4 Å². The minimum absolute atomic E-state index is 0.000706. The highest BCUT2D eigenvalue weighted by Crippen LogP contribution is 2.36. The van der Waals surface area contributed by atoms with Gasteiger partial charge in [0, 0.05) is 41.6 Å². The van der Waals surface area contributed by atoms with Crippen molar-refractivity contribution in [2.24, 2.45) is 0 Å². The number of halogens is 2. The SMILES string of the molecule is CC(Oc1ccc2[nH]nc(-c3cnc(N4CC[C@@H]4CO)c(C#N)c3)c2c1)c1c(Cl)cncc1Cl. The van der Waals surface area contributed by atoms with E-state index in [4.69, 9.17) is 27.9 Å². The van der Waals surface area contributed by atoms with Gasteiger partial charge < -0.3 is 14.7 Å². The van der Waals surface area contributed by atoms with E-state index in [1.165, 1.54) is 12.4 Å². The molecule has 34 heavy (non-hydrogen) atoms. The molecule has 3 aromatic heterocycles. The number of pyridine rings is 2. The first-order chi connectivity index (χ1) is 16.5. The number of ether oxygens (including phenoxy) is 1. The van der Waals surface area contributed by atoms with Crippen LogP contribution in [0.3, 0.4) is 0 Å². The van der Waals surface area contributed by atoms with E-state index in [0.717, 1.165) is 23.9 Å². The van der Waals surface area contributed by atoms with E-state index >= 15 is 0 Å². The third-order valence-electron chi connectivity index (χ3n) is 6.03. The molecule has 5 rings (SSSR count). The zero-order chi connectivity index (χ0) is 23.8. The lowest BCUT2D eigenvalue weighted by atomic mass is 10.0. The molecule has 2 atom stereocenters. The minimum Gasteiger partial charge on any atom is -0.486 e. The van der Waals surface area contributed by atoms with Gasteiger partial charge >= 0.3 is 0 Å². The summed E-state index contributed by atoms with van der Waals surface area (Å²) < 4.78 is 6.14. The molecule has 1 saturated heterocycles. The van der Waals surface area contributed by atoms with Gasteiger partial charge in [-0.2, -0.15) is 10.4 Å². The lowest BCUT2D eigenvalue weighted by molar-refractivity contribution is 0.225. The number of H-pyrrole nitrogens is 1. The quantitative estimate of drug-likeness (QED) is 0.391. The first-order valence-corrected chi connectivity index (χ1v) is 11.5. The maximum Gasteiger partial charge on any atom is 0.146 e. The summed E-state index contributed by atoms with van der Waals surface area (Å²) in [5.74, 6) is 1.20. The second-order valence-electron chi connectivity index (χ2n) is 8.08. The number of hydrogen-bond donors (Lipinski definition) is 2. The van der Waals surface area contributed by atoms with E-state index in [-0.39, 0.29) is 12.6 Å². The van der Waals surface area contributed by atoms with Crippen LogP contribution in [0.2, 0.25) is 10.0 Å². The van der Waals surface area contributed by atoms with Crippen molar-refractivity contribution in [1.82, 2.24) is 20.2 Å². The summed E-state index contributed by atoms with van der Waals surface area (Å²) in [6.07, 6.45) is 5.24. The molecule has 1 unspecified atom stereocenters. The van der Waals surface area contributed by atoms with E-state index < -0.39 is 6.10 Å². The predicted octanol–water partition coefficient (Wildman–Crippen LogP) is 4.91. The fourth-order valence-corrected chi connectivity index (χ4v) is 4.84. The third kappa shape index (κ3) is 3.92. The first-order valence-electron chi connectivity index (χ1n) is 10.7. The zero-order valence-corrected chi connectivity index (χ0v) is 19.7. The topological polar surface area (TPSA) is 111 Å². The van der Waals surface area contributed by atoms with Gasteiger partial charge in [0.25, 0.3) is 0 Å². The Morgan fingerprint density at radius 1 is 1.26 bits per heavy atom. The van der Waals surface area contributed by atoms with Gasteiger partial charge in [-0.15, -0.1) is 0 Å². The number of nitriles is 1. The van der Waals surface area contributed by atoms with E-state index in [1.807, 2.05) is 30.0 Å². The Morgan fingerprint density at radius 3 is 2.74 bits per heavy atom. The number of aliphatic hydroxyl groups is 1. The highest BCUT2D eigenvalue weighted by Gasteiger charge is 2.30. The molecule has 2 N–H and O–H groups in total. The number of hydrogen-bond acceptors (Lipinski definition) is 7. The number of nitrogens with one attached hydrogen (secondary N) is 1. The highest BCUT2D eigenvalue weighted by molar-refractivity contribution is 6.35. The summed E-state index contributed by atoms with van der Waals surface area (Å²) in [6.45, 7) is 2.67. The molecule has 0 amide bonds. The van der Waals surface area contributed by atoms with Crippen LogP contribution in [0.1, 0.15) is 30.6 Å².